The summed E-state index contributed by atoms with van der Waals surface area (Å²) < 4.78 is 5.39. The molecule has 2 aromatic heterocycles. The average Bonchev–Trinajstić information content (AvgIpc) is 2.97. The number of aryl methyl sites for hydroxylation is 1. The molecule has 3 aromatic rings. The van der Waals surface area contributed by atoms with E-state index in [2.05, 4.69) is 17.3 Å². The second-order valence-electron chi connectivity index (χ2n) is 4.43. The smallest absolute Gasteiger partial charge is 0.128 e. The normalized spacial score (nSPS) is 10.5. The van der Waals surface area contributed by atoms with Gasteiger partial charge in [-0.25, -0.2) is 4.98 Å². The Balaban J connectivity index is 2.05. The van der Waals surface area contributed by atoms with Crippen molar-refractivity contribution in [1.29, 1.82) is 0 Å². The summed E-state index contributed by atoms with van der Waals surface area (Å²) in [5.41, 5.74) is 4.21. The van der Waals surface area contributed by atoms with Crippen molar-refractivity contribution in [2.75, 3.05) is 7.11 Å². The van der Waals surface area contributed by atoms with Crippen molar-refractivity contribution < 1.29 is 4.74 Å². The Kier molecular flexibility index (Phi) is 3.48. The molecular formula is C16H14N2OS. The zero-order chi connectivity index (χ0) is 13.9. The summed E-state index contributed by atoms with van der Waals surface area (Å²) in [5, 5.41) is 3.04. The van der Waals surface area contributed by atoms with Crippen LogP contribution in [0.5, 0.6) is 5.75 Å². The molecule has 0 aliphatic carbocycles. The van der Waals surface area contributed by atoms with Crippen molar-refractivity contribution in [3.63, 3.8) is 0 Å². The minimum absolute atomic E-state index is 0.840. The van der Waals surface area contributed by atoms with Crippen LogP contribution in [-0.2, 0) is 0 Å². The van der Waals surface area contributed by atoms with E-state index in [1.807, 2.05) is 36.5 Å². The molecule has 0 unspecified atom stereocenters. The van der Waals surface area contributed by atoms with Crippen LogP contribution >= 0.6 is 11.3 Å². The molecule has 0 bridgehead atoms. The largest absolute Gasteiger partial charge is 0.496 e. The second-order valence-corrected chi connectivity index (χ2v) is 5.29. The molecule has 0 saturated heterocycles. The lowest BCUT2D eigenvalue weighted by Crippen LogP contribution is -1.88. The molecule has 0 saturated carbocycles. The zero-order valence-corrected chi connectivity index (χ0v) is 12.1. The van der Waals surface area contributed by atoms with Crippen LogP contribution in [0.4, 0.5) is 0 Å². The van der Waals surface area contributed by atoms with Gasteiger partial charge < -0.3 is 4.74 Å². The molecule has 0 atom stereocenters. The quantitative estimate of drug-likeness (QED) is 0.722. The van der Waals surface area contributed by atoms with E-state index < -0.39 is 0 Å². The number of pyridine rings is 1. The summed E-state index contributed by atoms with van der Waals surface area (Å²) in [6.07, 6.45) is 3.66. The molecule has 0 N–H and O–H groups in total. The lowest BCUT2D eigenvalue weighted by molar-refractivity contribution is 0.416. The van der Waals surface area contributed by atoms with Crippen molar-refractivity contribution in [3.05, 3.63) is 53.7 Å². The molecular weight excluding hydrogens is 268 g/mol. The lowest BCUT2D eigenvalue weighted by atomic mass is 10.1. The van der Waals surface area contributed by atoms with E-state index in [4.69, 9.17) is 9.72 Å². The standard InChI is InChI=1S/C16H14N2OS/c1-11-7-8-17-9-13(11)16-18-14(10-20-16)12-5-3-4-6-15(12)19-2/h3-10H,1-2H3. The van der Waals surface area contributed by atoms with Crippen LogP contribution in [0.1, 0.15) is 5.56 Å². The Morgan fingerprint density at radius 1 is 1.10 bits per heavy atom. The highest BCUT2D eigenvalue weighted by atomic mass is 32.1. The van der Waals surface area contributed by atoms with Crippen LogP contribution in [0.3, 0.4) is 0 Å². The third-order valence-corrected chi connectivity index (χ3v) is 4.03. The van der Waals surface area contributed by atoms with Gasteiger partial charge in [-0.2, -0.15) is 0 Å². The molecule has 3 nitrogen and oxygen atoms in total. The van der Waals surface area contributed by atoms with E-state index in [0.717, 1.165) is 27.6 Å². The topological polar surface area (TPSA) is 35.0 Å². The molecule has 0 aliphatic rings. The Morgan fingerprint density at radius 3 is 2.75 bits per heavy atom. The van der Waals surface area contributed by atoms with Gasteiger partial charge in [-0.3, -0.25) is 4.98 Å². The number of aromatic nitrogens is 2. The second kappa shape index (κ2) is 5.43. The van der Waals surface area contributed by atoms with Crippen molar-refractivity contribution in [1.82, 2.24) is 9.97 Å². The molecule has 2 heterocycles. The van der Waals surface area contributed by atoms with E-state index in [1.54, 1.807) is 24.6 Å². The number of thiazole rings is 1. The Bertz CT molecular complexity index is 737. The lowest BCUT2D eigenvalue weighted by Gasteiger charge is -2.05. The molecule has 4 heteroatoms. The molecule has 0 spiro atoms. The van der Waals surface area contributed by atoms with Crippen LogP contribution in [0.15, 0.2) is 48.1 Å². The Hall–Kier alpha value is -2.20. The Labute approximate surface area is 121 Å². The number of rotatable bonds is 3. The van der Waals surface area contributed by atoms with E-state index in [0.29, 0.717) is 0 Å². The van der Waals surface area contributed by atoms with Crippen LogP contribution < -0.4 is 4.74 Å². The summed E-state index contributed by atoms with van der Waals surface area (Å²) in [6, 6.07) is 9.92. The first-order valence-corrected chi connectivity index (χ1v) is 7.17. The predicted octanol–water partition coefficient (Wildman–Crippen LogP) is 4.19. The third kappa shape index (κ3) is 2.30. The van der Waals surface area contributed by atoms with Gasteiger partial charge in [-0.05, 0) is 30.7 Å². The predicted molar refractivity (Wildman–Crippen MR) is 82.1 cm³/mol. The molecule has 20 heavy (non-hydrogen) atoms. The molecule has 0 radical (unpaired) electrons. The SMILES string of the molecule is COc1ccccc1-c1csc(-c2cnccc2C)n1. The van der Waals surface area contributed by atoms with E-state index in [-0.39, 0.29) is 0 Å². The van der Waals surface area contributed by atoms with Gasteiger partial charge in [0.2, 0.25) is 0 Å². The van der Waals surface area contributed by atoms with E-state index in [9.17, 15) is 0 Å². The fourth-order valence-electron chi connectivity index (χ4n) is 2.07. The van der Waals surface area contributed by atoms with Crippen molar-refractivity contribution in [2.45, 2.75) is 6.92 Å². The number of ether oxygens (including phenoxy) is 1. The van der Waals surface area contributed by atoms with Gasteiger partial charge in [0.15, 0.2) is 0 Å². The summed E-state index contributed by atoms with van der Waals surface area (Å²) in [6.45, 7) is 2.07. The minimum atomic E-state index is 0.840. The first kappa shape index (κ1) is 12.8. The van der Waals surface area contributed by atoms with E-state index >= 15 is 0 Å². The fourth-order valence-corrected chi connectivity index (χ4v) is 2.96. The monoisotopic (exact) mass is 282 g/mol. The number of nitrogens with zero attached hydrogens (tertiary/aromatic N) is 2. The number of methoxy groups -OCH3 is 1. The van der Waals surface area contributed by atoms with Crippen LogP contribution in [0.2, 0.25) is 0 Å². The summed E-state index contributed by atoms with van der Waals surface area (Å²) >= 11 is 1.62. The molecule has 0 fully saturated rings. The highest BCUT2D eigenvalue weighted by Crippen LogP contribution is 2.34. The highest BCUT2D eigenvalue weighted by molar-refractivity contribution is 7.13. The number of benzene rings is 1. The molecule has 3 rings (SSSR count). The van der Waals surface area contributed by atoms with Crippen LogP contribution in [0, 0.1) is 6.92 Å². The van der Waals surface area contributed by atoms with Crippen molar-refractivity contribution in [2.24, 2.45) is 0 Å². The maximum Gasteiger partial charge on any atom is 0.128 e. The minimum Gasteiger partial charge on any atom is -0.496 e. The van der Waals surface area contributed by atoms with Crippen molar-refractivity contribution >= 4 is 11.3 Å². The third-order valence-electron chi connectivity index (χ3n) is 3.16. The maximum atomic E-state index is 5.39. The van der Waals surface area contributed by atoms with Gasteiger partial charge in [0.25, 0.3) is 0 Å². The zero-order valence-electron chi connectivity index (χ0n) is 11.3. The summed E-state index contributed by atoms with van der Waals surface area (Å²) in [7, 11) is 1.68. The van der Waals surface area contributed by atoms with Gasteiger partial charge in [0.1, 0.15) is 10.8 Å². The average molecular weight is 282 g/mol. The first-order chi connectivity index (χ1) is 9.79. The number of para-hydroxylation sites is 1. The molecule has 100 valence electrons. The maximum absolute atomic E-state index is 5.39. The van der Waals surface area contributed by atoms with Gasteiger partial charge in [0.05, 0.1) is 12.8 Å². The van der Waals surface area contributed by atoms with Crippen LogP contribution in [0.25, 0.3) is 21.8 Å². The van der Waals surface area contributed by atoms with Gasteiger partial charge in [-0.1, -0.05) is 12.1 Å². The molecule has 1 aromatic carbocycles. The highest BCUT2D eigenvalue weighted by Gasteiger charge is 2.11. The fraction of sp³-hybridized carbons (Fsp3) is 0.125. The number of hydrogen-bond acceptors (Lipinski definition) is 4. The van der Waals surface area contributed by atoms with E-state index in [1.165, 1.54) is 5.56 Å². The Morgan fingerprint density at radius 2 is 1.95 bits per heavy atom. The molecule has 0 aliphatic heterocycles. The first-order valence-electron chi connectivity index (χ1n) is 6.29. The van der Waals surface area contributed by atoms with Gasteiger partial charge in [-0.15, -0.1) is 11.3 Å². The molecule has 0 amide bonds. The summed E-state index contributed by atoms with van der Waals surface area (Å²) in [5.74, 6) is 0.840. The summed E-state index contributed by atoms with van der Waals surface area (Å²) in [4.78, 5) is 8.90. The van der Waals surface area contributed by atoms with Crippen LogP contribution in [-0.4, -0.2) is 17.1 Å². The van der Waals surface area contributed by atoms with Gasteiger partial charge in [0, 0.05) is 28.9 Å². The van der Waals surface area contributed by atoms with Crippen molar-refractivity contribution in [3.8, 4) is 27.6 Å². The number of hydrogen-bond donors (Lipinski definition) is 0. The van der Waals surface area contributed by atoms with Gasteiger partial charge >= 0.3 is 0 Å².